The Hall–Kier alpha value is -2.89. The van der Waals surface area contributed by atoms with Crippen molar-refractivity contribution < 1.29 is 9.32 Å². The molecule has 3 aromatic rings. The number of hydrogen-bond acceptors (Lipinski definition) is 4. The van der Waals surface area contributed by atoms with E-state index in [1.807, 2.05) is 44.3 Å². The largest absolute Gasteiger partial charge is 0.355 e. The molecule has 0 aliphatic carbocycles. The third kappa shape index (κ3) is 3.15. The third-order valence-electron chi connectivity index (χ3n) is 3.73. The molecule has 0 spiro atoms. The maximum Gasteiger partial charge on any atom is 0.276 e. The van der Waals surface area contributed by atoms with Crippen molar-refractivity contribution in [1.29, 1.82) is 0 Å². The van der Waals surface area contributed by atoms with E-state index in [0.29, 0.717) is 18.0 Å². The van der Waals surface area contributed by atoms with E-state index in [9.17, 15) is 4.79 Å². The Kier molecular flexibility index (Phi) is 3.97. The predicted octanol–water partition coefficient (Wildman–Crippen LogP) is 2.66. The Morgan fingerprint density at radius 1 is 1.26 bits per heavy atom. The Morgan fingerprint density at radius 2 is 2.00 bits per heavy atom. The van der Waals surface area contributed by atoms with E-state index in [4.69, 9.17) is 4.52 Å². The topological polar surface area (TPSA) is 64.2 Å². The van der Waals surface area contributed by atoms with Crippen LogP contribution in [0.1, 0.15) is 21.7 Å². The zero-order chi connectivity index (χ0) is 16.4. The van der Waals surface area contributed by atoms with Crippen molar-refractivity contribution in [2.45, 2.75) is 13.5 Å². The fourth-order valence-electron chi connectivity index (χ4n) is 2.30. The summed E-state index contributed by atoms with van der Waals surface area (Å²) >= 11 is 0. The number of aryl methyl sites for hydroxylation is 2. The van der Waals surface area contributed by atoms with Crippen LogP contribution in [0.15, 0.2) is 47.1 Å². The summed E-state index contributed by atoms with van der Waals surface area (Å²) in [6.45, 7) is 2.48. The van der Waals surface area contributed by atoms with Gasteiger partial charge in [0, 0.05) is 31.9 Å². The van der Waals surface area contributed by atoms with E-state index in [-0.39, 0.29) is 5.91 Å². The Labute approximate surface area is 134 Å². The first-order valence-electron chi connectivity index (χ1n) is 7.30. The lowest BCUT2D eigenvalue weighted by Crippen LogP contribution is -2.27. The summed E-state index contributed by atoms with van der Waals surface area (Å²) in [6, 6.07) is 11.4. The molecule has 6 nitrogen and oxygen atoms in total. The molecule has 0 unspecified atom stereocenters. The van der Waals surface area contributed by atoms with Crippen LogP contribution in [0.25, 0.3) is 11.3 Å². The number of amides is 1. The minimum Gasteiger partial charge on any atom is -0.355 e. The lowest BCUT2D eigenvalue weighted by molar-refractivity contribution is 0.0771. The van der Waals surface area contributed by atoms with Crippen molar-refractivity contribution in [3.8, 4) is 11.3 Å². The first-order valence-corrected chi connectivity index (χ1v) is 7.30. The molecule has 0 aliphatic rings. The van der Waals surface area contributed by atoms with E-state index in [2.05, 4.69) is 10.3 Å². The number of hydrogen-bond donors (Lipinski definition) is 0. The number of aromatic nitrogens is 3. The molecule has 1 aromatic carbocycles. The summed E-state index contributed by atoms with van der Waals surface area (Å²) in [5, 5.41) is 8.00. The molecule has 23 heavy (non-hydrogen) atoms. The Bertz CT molecular complexity index is 817. The number of nitrogens with zero attached hydrogens (tertiary/aromatic N) is 4. The summed E-state index contributed by atoms with van der Waals surface area (Å²) in [5.74, 6) is 0.399. The average Bonchev–Trinajstić information content (AvgIpc) is 3.17. The van der Waals surface area contributed by atoms with Gasteiger partial charge in [-0.25, -0.2) is 0 Å². The normalized spacial score (nSPS) is 10.7. The van der Waals surface area contributed by atoms with Crippen LogP contribution in [0.5, 0.6) is 0 Å². The number of benzene rings is 1. The van der Waals surface area contributed by atoms with Gasteiger partial charge in [-0.1, -0.05) is 35.0 Å². The van der Waals surface area contributed by atoms with Gasteiger partial charge < -0.3 is 9.42 Å². The van der Waals surface area contributed by atoms with Crippen LogP contribution in [-0.4, -0.2) is 32.8 Å². The molecule has 2 heterocycles. The minimum atomic E-state index is -0.187. The van der Waals surface area contributed by atoms with Gasteiger partial charge in [-0.15, -0.1) is 0 Å². The van der Waals surface area contributed by atoms with E-state index in [1.165, 1.54) is 5.56 Å². The first kappa shape index (κ1) is 15.0. The lowest BCUT2D eigenvalue weighted by atomic mass is 10.1. The quantitative estimate of drug-likeness (QED) is 0.743. The second kappa shape index (κ2) is 6.08. The Balaban J connectivity index is 1.75. The molecule has 0 saturated carbocycles. The van der Waals surface area contributed by atoms with Crippen LogP contribution in [0.2, 0.25) is 0 Å². The van der Waals surface area contributed by atoms with E-state index < -0.39 is 0 Å². The van der Waals surface area contributed by atoms with Crippen LogP contribution >= 0.6 is 0 Å². The van der Waals surface area contributed by atoms with Crippen molar-refractivity contribution >= 4 is 5.91 Å². The highest BCUT2D eigenvalue weighted by Gasteiger charge is 2.18. The molecule has 118 valence electrons. The zero-order valence-corrected chi connectivity index (χ0v) is 13.4. The van der Waals surface area contributed by atoms with Crippen molar-refractivity contribution in [1.82, 2.24) is 19.8 Å². The summed E-state index contributed by atoms with van der Waals surface area (Å²) < 4.78 is 7.05. The van der Waals surface area contributed by atoms with Crippen LogP contribution in [0.3, 0.4) is 0 Å². The molecule has 0 atom stereocenters. The van der Waals surface area contributed by atoms with Gasteiger partial charge in [-0.05, 0) is 13.0 Å². The third-order valence-corrected chi connectivity index (χ3v) is 3.73. The molecular formula is C17H18N4O2. The molecule has 0 aliphatic heterocycles. The van der Waals surface area contributed by atoms with Gasteiger partial charge in [0.25, 0.3) is 5.91 Å². The van der Waals surface area contributed by atoms with Crippen molar-refractivity contribution in [2.75, 3.05) is 7.05 Å². The second-order valence-electron chi connectivity index (χ2n) is 5.55. The van der Waals surface area contributed by atoms with Gasteiger partial charge in [0.2, 0.25) is 0 Å². The molecule has 0 bridgehead atoms. The number of rotatable bonds is 4. The number of carbonyl (C=O) groups excluding carboxylic acids is 1. The first-order chi connectivity index (χ1) is 11.0. The monoisotopic (exact) mass is 310 g/mol. The second-order valence-corrected chi connectivity index (χ2v) is 5.55. The molecule has 0 saturated heterocycles. The van der Waals surface area contributed by atoms with Crippen molar-refractivity contribution in [2.24, 2.45) is 7.05 Å². The molecule has 0 radical (unpaired) electrons. The van der Waals surface area contributed by atoms with Gasteiger partial charge in [-0.3, -0.25) is 9.48 Å². The fourth-order valence-corrected chi connectivity index (χ4v) is 2.30. The lowest BCUT2D eigenvalue weighted by Gasteiger charge is -2.15. The summed E-state index contributed by atoms with van der Waals surface area (Å²) in [5.41, 5.74) is 3.31. The van der Waals surface area contributed by atoms with Gasteiger partial charge in [-0.2, -0.15) is 5.10 Å². The highest BCUT2D eigenvalue weighted by Crippen LogP contribution is 2.21. The molecule has 6 heteroatoms. The predicted molar refractivity (Wildman–Crippen MR) is 85.7 cm³/mol. The highest BCUT2D eigenvalue weighted by atomic mass is 16.5. The van der Waals surface area contributed by atoms with Gasteiger partial charge in [0.05, 0.1) is 12.2 Å². The van der Waals surface area contributed by atoms with E-state index in [1.54, 1.807) is 28.9 Å². The molecule has 0 N–H and O–H groups in total. The summed E-state index contributed by atoms with van der Waals surface area (Å²) in [4.78, 5) is 14.0. The molecule has 0 fully saturated rings. The minimum absolute atomic E-state index is 0.187. The standard InChI is InChI=1S/C17H18N4O2/c1-12-4-6-13(7-5-12)16-10-15(19-23-16)17(22)20(2)11-14-8-9-18-21(14)3/h4-10H,11H2,1-3H3. The Morgan fingerprint density at radius 3 is 2.65 bits per heavy atom. The maximum absolute atomic E-state index is 12.5. The van der Waals surface area contributed by atoms with Gasteiger partial charge in [0.15, 0.2) is 11.5 Å². The van der Waals surface area contributed by atoms with Gasteiger partial charge >= 0.3 is 0 Å². The van der Waals surface area contributed by atoms with Crippen molar-refractivity contribution in [3.63, 3.8) is 0 Å². The van der Waals surface area contributed by atoms with Gasteiger partial charge in [0.1, 0.15) is 0 Å². The van der Waals surface area contributed by atoms with E-state index in [0.717, 1.165) is 11.3 Å². The van der Waals surface area contributed by atoms with E-state index >= 15 is 0 Å². The van der Waals surface area contributed by atoms with Crippen LogP contribution in [0, 0.1) is 6.92 Å². The number of carbonyl (C=O) groups is 1. The smallest absolute Gasteiger partial charge is 0.276 e. The van der Waals surface area contributed by atoms with Crippen LogP contribution in [-0.2, 0) is 13.6 Å². The summed E-state index contributed by atoms with van der Waals surface area (Å²) in [6.07, 6.45) is 1.71. The zero-order valence-electron chi connectivity index (χ0n) is 13.4. The summed E-state index contributed by atoms with van der Waals surface area (Å²) in [7, 11) is 3.58. The molecule has 1 amide bonds. The molecular weight excluding hydrogens is 292 g/mol. The SMILES string of the molecule is Cc1ccc(-c2cc(C(=O)N(C)Cc3ccnn3C)no2)cc1. The molecule has 3 rings (SSSR count). The average molecular weight is 310 g/mol. The van der Waals surface area contributed by atoms with Crippen LogP contribution < -0.4 is 0 Å². The molecule has 2 aromatic heterocycles. The fraction of sp³-hybridized carbons (Fsp3) is 0.235. The van der Waals surface area contributed by atoms with Crippen LogP contribution in [0.4, 0.5) is 0 Å². The van der Waals surface area contributed by atoms with Crippen molar-refractivity contribution in [3.05, 3.63) is 59.5 Å². The maximum atomic E-state index is 12.5. The highest BCUT2D eigenvalue weighted by molar-refractivity contribution is 5.92.